The zero-order chi connectivity index (χ0) is 9.68. The van der Waals surface area contributed by atoms with Crippen LogP contribution in [-0.4, -0.2) is 17.3 Å². The molecule has 0 atom stereocenters. The Bertz CT molecular complexity index is 286. The normalized spacial score (nSPS) is 9.46. The number of nitrogens with zero attached hydrogens (tertiary/aromatic N) is 2. The molecule has 1 aromatic rings. The van der Waals surface area contributed by atoms with Crippen LogP contribution in [0.1, 0.15) is 20.8 Å². The van der Waals surface area contributed by atoms with E-state index in [0.29, 0.717) is 12.5 Å². The highest BCUT2D eigenvalue weighted by atomic mass is 16.5. The van der Waals surface area contributed by atoms with Crippen LogP contribution >= 0.6 is 0 Å². The Morgan fingerprint density at radius 3 is 2.69 bits per heavy atom. The summed E-state index contributed by atoms with van der Waals surface area (Å²) in [4.78, 5) is 8.35. The number of aliphatic imine (C=N–C) groups is 1. The van der Waals surface area contributed by atoms with Crippen molar-refractivity contribution in [1.29, 1.82) is 0 Å². The average Bonchev–Trinajstić information content (AvgIpc) is 2.08. The van der Waals surface area contributed by atoms with Crippen molar-refractivity contribution in [3.05, 3.63) is 18.3 Å². The monoisotopic (exact) mass is 178 g/mol. The van der Waals surface area contributed by atoms with Gasteiger partial charge in [-0.2, -0.15) is 0 Å². The number of hydrogen-bond donors (Lipinski definition) is 0. The first-order valence-corrected chi connectivity index (χ1v) is 4.33. The minimum absolute atomic E-state index is 0.641. The summed E-state index contributed by atoms with van der Waals surface area (Å²) in [7, 11) is 0. The molecule has 0 N–H and O–H groups in total. The Hall–Kier alpha value is -1.38. The summed E-state index contributed by atoms with van der Waals surface area (Å²) in [5.41, 5.74) is 1.88. The summed E-state index contributed by atoms with van der Waals surface area (Å²) in [6.45, 7) is 6.49. The third-order valence-corrected chi connectivity index (χ3v) is 1.37. The molecule has 0 bridgehead atoms. The summed E-state index contributed by atoms with van der Waals surface area (Å²) in [5.74, 6) is 0.648. The first-order valence-electron chi connectivity index (χ1n) is 4.33. The molecule has 70 valence electrons. The number of rotatable bonds is 3. The fraction of sp³-hybridized carbons (Fsp3) is 0.400. The van der Waals surface area contributed by atoms with Gasteiger partial charge < -0.3 is 4.74 Å². The molecule has 0 aliphatic rings. The van der Waals surface area contributed by atoms with Gasteiger partial charge in [-0.05, 0) is 26.8 Å². The predicted octanol–water partition coefficient (Wildman–Crippen LogP) is 2.59. The van der Waals surface area contributed by atoms with Crippen molar-refractivity contribution < 1.29 is 4.74 Å². The Morgan fingerprint density at radius 2 is 2.23 bits per heavy atom. The van der Waals surface area contributed by atoms with E-state index in [0.717, 1.165) is 11.4 Å². The van der Waals surface area contributed by atoms with Gasteiger partial charge in [0.2, 0.25) is 5.88 Å². The number of hydrogen-bond acceptors (Lipinski definition) is 3. The zero-order valence-electron chi connectivity index (χ0n) is 8.24. The summed E-state index contributed by atoms with van der Waals surface area (Å²) in [6, 6.07) is 3.72. The number of aromatic nitrogens is 1. The van der Waals surface area contributed by atoms with Crippen LogP contribution in [0.15, 0.2) is 23.3 Å². The number of pyridine rings is 1. The van der Waals surface area contributed by atoms with Gasteiger partial charge in [0.25, 0.3) is 0 Å². The second-order valence-electron chi connectivity index (χ2n) is 2.85. The van der Waals surface area contributed by atoms with E-state index < -0.39 is 0 Å². The minimum Gasteiger partial charge on any atom is -0.478 e. The molecule has 0 saturated carbocycles. The van der Waals surface area contributed by atoms with Crippen molar-refractivity contribution in [2.45, 2.75) is 20.8 Å². The van der Waals surface area contributed by atoms with Gasteiger partial charge in [0.15, 0.2) is 0 Å². The van der Waals surface area contributed by atoms with Gasteiger partial charge >= 0.3 is 0 Å². The van der Waals surface area contributed by atoms with Crippen LogP contribution in [0.3, 0.4) is 0 Å². The van der Waals surface area contributed by atoms with E-state index in [4.69, 9.17) is 4.74 Å². The standard InChI is InChI=1S/C10H14N2O/c1-4-13-10-6-5-9(7-11-10)12-8(2)3/h5-7H,4H2,1-3H3. The Kier molecular flexibility index (Phi) is 3.43. The Morgan fingerprint density at radius 1 is 1.46 bits per heavy atom. The van der Waals surface area contributed by atoms with Crippen molar-refractivity contribution in [2.75, 3.05) is 6.61 Å². The van der Waals surface area contributed by atoms with Gasteiger partial charge in [-0.25, -0.2) is 4.98 Å². The van der Waals surface area contributed by atoms with E-state index in [9.17, 15) is 0 Å². The summed E-state index contributed by atoms with van der Waals surface area (Å²) >= 11 is 0. The molecule has 0 unspecified atom stereocenters. The lowest BCUT2D eigenvalue weighted by Gasteiger charge is -2.00. The average molecular weight is 178 g/mol. The van der Waals surface area contributed by atoms with Crippen molar-refractivity contribution >= 4 is 11.4 Å². The molecular weight excluding hydrogens is 164 g/mol. The van der Waals surface area contributed by atoms with E-state index >= 15 is 0 Å². The van der Waals surface area contributed by atoms with Gasteiger partial charge in [0, 0.05) is 11.8 Å². The molecular formula is C10H14N2O. The van der Waals surface area contributed by atoms with Gasteiger partial charge in [0.1, 0.15) is 0 Å². The van der Waals surface area contributed by atoms with E-state index in [2.05, 4.69) is 9.98 Å². The maximum atomic E-state index is 5.21. The van der Waals surface area contributed by atoms with Crippen molar-refractivity contribution in [1.82, 2.24) is 4.98 Å². The SMILES string of the molecule is CCOc1ccc(N=C(C)C)cn1. The van der Waals surface area contributed by atoms with Crippen LogP contribution in [0, 0.1) is 0 Å². The topological polar surface area (TPSA) is 34.5 Å². The second-order valence-corrected chi connectivity index (χ2v) is 2.85. The molecule has 0 aromatic carbocycles. The summed E-state index contributed by atoms with van der Waals surface area (Å²) < 4.78 is 5.21. The van der Waals surface area contributed by atoms with E-state index in [1.165, 1.54) is 0 Å². The molecule has 0 saturated heterocycles. The van der Waals surface area contributed by atoms with Gasteiger partial charge in [-0.1, -0.05) is 0 Å². The molecule has 0 radical (unpaired) electrons. The maximum Gasteiger partial charge on any atom is 0.213 e. The zero-order valence-corrected chi connectivity index (χ0v) is 8.24. The molecule has 3 nitrogen and oxygen atoms in total. The first kappa shape index (κ1) is 9.71. The largest absolute Gasteiger partial charge is 0.478 e. The van der Waals surface area contributed by atoms with Gasteiger partial charge in [0.05, 0.1) is 18.5 Å². The van der Waals surface area contributed by atoms with Crippen LogP contribution in [0.2, 0.25) is 0 Å². The lowest BCUT2D eigenvalue weighted by atomic mass is 10.4. The smallest absolute Gasteiger partial charge is 0.213 e. The third kappa shape index (κ3) is 3.23. The highest BCUT2D eigenvalue weighted by Gasteiger charge is 1.93. The fourth-order valence-corrected chi connectivity index (χ4v) is 0.930. The van der Waals surface area contributed by atoms with Crippen LogP contribution < -0.4 is 4.74 Å². The summed E-state index contributed by atoms with van der Waals surface area (Å²) in [5, 5.41) is 0. The molecule has 13 heavy (non-hydrogen) atoms. The molecule has 1 heterocycles. The van der Waals surface area contributed by atoms with Crippen molar-refractivity contribution in [3.63, 3.8) is 0 Å². The van der Waals surface area contributed by atoms with Gasteiger partial charge in [-0.15, -0.1) is 0 Å². The lowest BCUT2D eigenvalue weighted by Crippen LogP contribution is -1.92. The highest BCUT2D eigenvalue weighted by Crippen LogP contribution is 2.14. The minimum atomic E-state index is 0.641. The molecule has 0 aliphatic heterocycles. The van der Waals surface area contributed by atoms with Crippen molar-refractivity contribution in [2.24, 2.45) is 4.99 Å². The quantitative estimate of drug-likeness (QED) is 0.667. The van der Waals surface area contributed by atoms with Gasteiger partial charge in [-0.3, -0.25) is 4.99 Å². The Labute approximate surface area is 78.5 Å². The van der Waals surface area contributed by atoms with E-state index in [1.807, 2.05) is 32.9 Å². The fourth-order valence-electron chi connectivity index (χ4n) is 0.930. The molecule has 0 amide bonds. The van der Waals surface area contributed by atoms with Crippen LogP contribution in [0.5, 0.6) is 5.88 Å². The third-order valence-electron chi connectivity index (χ3n) is 1.37. The first-order chi connectivity index (χ1) is 6.22. The van der Waals surface area contributed by atoms with Crippen LogP contribution in [0.25, 0.3) is 0 Å². The molecule has 1 rings (SSSR count). The van der Waals surface area contributed by atoms with Crippen molar-refractivity contribution in [3.8, 4) is 5.88 Å². The van der Waals surface area contributed by atoms with Crippen LogP contribution in [0.4, 0.5) is 5.69 Å². The predicted molar refractivity (Wildman–Crippen MR) is 53.8 cm³/mol. The maximum absolute atomic E-state index is 5.21. The Balaban J connectivity index is 2.75. The van der Waals surface area contributed by atoms with E-state index in [-0.39, 0.29) is 0 Å². The molecule has 0 fully saturated rings. The van der Waals surface area contributed by atoms with Crippen LogP contribution in [-0.2, 0) is 0 Å². The number of ether oxygens (including phenoxy) is 1. The molecule has 0 spiro atoms. The highest BCUT2D eigenvalue weighted by molar-refractivity contribution is 5.81. The molecule has 3 heteroatoms. The summed E-state index contributed by atoms with van der Waals surface area (Å²) in [6.07, 6.45) is 1.71. The molecule has 0 aliphatic carbocycles. The molecule has 1 aromatic heterocycles. The lowest BCUT2D eigenvalue weighted by molar-refractivity contribution is 0.327. The van der Waals surface area contributed by atoms with E-state index in [1.54, 1.807) is 6.20 Å². The second kappa shape index (κ2) is 4.60.